The van der Waals surface area contributed by atoms with Gasteiger partial charge in [0.1, 0.15) is 23.7 Å². The number of hydrogen-bond acceptors (Lipinski definition) is 6. The number of carbonyl (C=O) groups is 2. The number of para-hydroxylation sites is 1. The van der Waals surface area contributed by atoms with E-state index in [1.165, 1.54) is 11.0 Å². The Labute approximate surface area is 237 Å². The second kappa shape index (κ2) is 9.99. The van der Waals surface area contributed by atoms with Crippen molar-refractivity contribution in [1.29, 1.82) is 0 Å². The fourth-order valence-electron chi connectivity index (χ4n) is 5.86. The van der Waals surface area contributed by atoms with Crippen molar-refractivity contribution < 1.29 is 23.5 Å². The minimum absolute atomic E-state index is 0.0712. The molecule has 0 aliphatic carbocycles. The van der Waals surface area contributed by atoms with Gasteiger partial charge in [-0.15, -0.1) is 0 Å². The molecule has 1 aromatic heterocycles. The van der Waals surface area contributed by atoms with Gasteiger partial charge in [0.25, 0.3) is 5.91 Å². The number of β-lactam (4-membered cyclic amide) rings is 1. The molecule has 3 heterocycles. The zero-order valence-electron chi connectivity index (χ0n) is 23.2. The van der Waals surface area contributed by atoms with E-state index in [2.05, 4.69) is 9.97 Å². The second-order valence-electron chi connectivity index (χ2n) is 10.4. The average molecular weight is 553 g/mol. The lowest BCUT2D eigenvalue weighted by molar-refractivity contribution is -0.178. The van der Waals surface area contributed by atoms with E-state index in [0.29, 0.717) is 39.5 Å². The third-order valence-electron chi connectivity index (χ3n) is 7.78. The van der Waals surface area contributed by atoms with E-state index in [9.17, 15) is 14.0 Å². The quantitative estimate of drug-likeness (QED) is 0.325. The molecular formula is C32H29FN4O4. The third-order valence-corrected chi connectivity index (χ3v) is 7.78. The zero-order chi connectivity index (χ0) is 28.9. The molecule has 0 bridgehead atoms. The monoisotopic (exact) mass is 552 g/mol. The molecule has 2 atom stereocenters. The Kier molecular flexibility index (Phi) is 6.44. The highest BCUT2D eigenvalue weighted by atomic mass is 19.1. The smallest absolute Gasteiger partial charge is 0.317 e. The van der Waals surface area contributed by atoms with Crippen LogP contribution in [-0.2, 0) is 21.7 Å². The van der Waals surface area contributed by atoms with Gasteiger partial charge < -0.3 is 19.3 Å². The number of amides is 2. The molecular weight excluding hydrogens is 523 g/mol. The summed E-state index contributed by atoms with van der Waals surface area (Å²) in [6, 6.07) is 21.6. The molecule has 0 radical (unpaired) electrons. The molecule has 3 aromatic carbocycles. The first kappa shape index (κ1) is 26.4. The molecule has 0 spiro atoms. The van der Waals surface area contributed by atoms with Gasteiger partial charge in [-0.3, -0.25) is 9.59 Å². The van der Waals surface area contributed by atoms with Gasteiger partial charge in [0.2, 0.25) is 12.0 Å². The summed E-state index contributed by atoms with van der Waals surface area (Å²) in [5.41, 5.74) is 3.46. The van der Waals surface area contributed by atoms with Gasteiger partial charge >= 0.3 is 6.01 Å². The highest BCUT2D eigenvalue weighted by Gasteiger charge is 2.67. The van der Waals surface area contributed by atoms with Gasteiger partial charge in [0.05, 0.1) is 19.3 Å². The molecule has 2 aliphatic heterocycles. The Morgan fingerprint density at radius 2 is 1.66 bits per heavy atom. The molecule has 6 rings (SSSR count). The molecule has 2 amide bonds. The lowest BCUT2D eigenvalue weighted by atomic mass is 9.69. The summed E-state index contributed by atoms with van der Waals surface area (Å²) in [5.74, 6) is -0.269. The van der Waals surface area contributed by atoms with Crippen LogP contribution in [0.15, 0.2) is 72.8 Å². The predicted octanol–water partition coefficient (Wildman–Crippen LogP) is 4.63. The lowest BCUT2D eigenvalue weighted by Gasteiger charge is -2.55. The van der Waals surface area contributed by atoms with Crippen molar-refractivity contribution in [2.24, 2.45) is 0 Å². The van der Waals surface area contributed by atoms with Crippen LogP contribution in [0.5, 0.6) is 11.8 Å². The number of fused-ring (bicyclic) bond motifs is 3. The van der Waals surface area contributed by atoms with E-state index in [1.54, 1.807) is 31.1 Å². The number of halogens is 1. The molecule has 4 aromatic rings. The number of aromatic nitrogens is 2. The number of ether oxygens (including phenoxy) is 2. The Hall–Kier alpha value is -4.79. The van der Waals surface area contributed by atoms with E-state index in [1.807, 2.05) is 68.4 Å². The van der Waals surface area contributed by atoms with E-state index in [0.717, 1.165) is 5.56 Å². The van der Waals surface area contributed by atoms with Crippen molar-refractivity contribution in [2.75, 3.05) is 18.6 Å². The molecule has 8 nitrogen and oxygen atoms in total. The molecule has 2 aliphatic rings. The first-order valence-electron chi connectivity index (χ1n) is 13.3. The number of methoxy groups -OCH3 is 1. The van der Waals surface area contributed by atoms with Crippen molar-refractivity contribution in [3.05, 3.63) is 112 Å². The summed E-state index contributed by atoms with van der Waals surface area (Å²) in [7, 11) is 1.60. The van der Waals surface area contributed by atoms with Crippen molar-refractivity contribution in [2.45, 2.75) is 39.0 Å². The Balaban J connectivity index is 1.53. The summed E-state index contributed by atoms with van der Waals surface area (Å²) in [6.07, 6.45) is -1.08. The Bertz CT molecular complexity index is 1650. The minimum atomic E-state index is -1.22. The fraction of sp³-hybridized carbons (Fsp3) is 0.250. The highest BCUT2D eigenvalue weighted by Crippen LogP contribution is 2.53. The van der Waals surface area contributed by atoms with Crippen molar-refractivity contribution in [3.8, 4) is 11.8 Å². The molecule has 1 saturated heterocycles. The molecule has 1 fully saturated rings. The number of benzene rings is 3. The number of aryl methyl sites for hydroxylation is 3. The molecule has 0 saturated carbocycles. The summed E-state index contributed by atoms with van der Waals surface area (Å²) < 4.78 is 26.1. The topological polar surface area (TPSA) is 84.9 Å². The number of rotatable bonds is 6. The number of anilines is 1. The van der Waals surface area contributed by atoms with Gasteiger partial charge in [-0.2, -0.15) is 0 Å². The number of nitrogens with zero attached hydrogens (tertiary/aromatic N) is 4. The van der Waals surface area contributed by atoms with Crippen LogP contribution in [0.1, 0.15) is 33.6 Å². The fourth-order valence-corrected chi connectivity index (χ4v) is 5.86. The van der Waals surface area contributed by atoms with Crippen LogP contribution in [-0.4, -0.2) is 46.4 Å². The zero-order valence-corrected chi connectivity index (χ0v) is 23.2. The summed E-state index contributed by atoms with van der Waals surface area (Å²) in [4.78, 5) is 39.7. The summed E-state index contributed by atoms with van der Waals surface area (Å²) in [5, 5.41) is 0. The van der Waals surface area contributed by atoms with E-state index < -0.39 is 11.6 Å². The standard InChI is InChI=1S/C32H29FN4O4/c1-19-15-23(11-14-26(19)33)32-25-7-5-6-8-27(25)36(17-22-9-12-24(40-4)13-10-22)28(38)18-37(32)30(39)29(32)41-31-34-20(2)16-21(3)35-31/h5-16,29H,17-18H2,1-4H3/t29-,32-/m1/s1. The first-order valence-corrected chi connectivity index (χ1v) is 13.3. The molecule has 208 valence electrons. The minimum Gasteiger partial charge on any atom is -0.497 e. The lowest BCUT2D eigenvalue weighted by Crippen LogP contribution is -2.74. The van der Waals surface area contributed by atoms with Crippen LogP contribution in [0.25, 0.3) is 0 Å². The van der Waals surface area contributed by atoms with Gasteiger partial charge in [-0.25, -0.2) is 14.4 Å². The normalized spacial score (nSPS) is 19.7. The van der Waals surface area contributed by atoms with E-state index in [-0.39, 0.29) is 36.7 Å². The van der Waals surface area contributed by atoms with Gasteiger partial charge in [0, 0.05) is 17.0 Å². The maximum Gasteiger partial charge on any atom is 0.317 e. The van der Waals surface area contributed by atoms with Gasteiger partial charge in [-0.1, -0.05) is 42.5 Å². The van der Waals surface area contributed by atoms with Crippen LogP contribution in [0.4, 0.5) is 10.1 Å². The first-order chi connectivity index (χ1) is 19.7. The molecule has 0 N–H and O–H groups in total. The average Bonchev–Trinajstić information content (AvgIpc) is 3.05. The van der Waals surface area contributed by atoms with Crippen LogP contribution in [0.2, 0.25) is 0 Å². The van der Waals surface area contributed by atoms with Crippen molar-refractivity contribution in [1.82, 2.24) is 14.9 Å². The predicted molar refractivity (Wildman–Crippen MR) is 150 cm³/mol. The maximum atomic E-state index is 14.5. The van der Waals surface area contributed by atoms with Crippen LogP contribution in [0, 0.1) is 26.6 Å². The summed E-state index contributed by atoms with van der Waals surface area (Å²) >= 11 is 0. The SMILES string of the molecule is COc1ccc(CN2C(=O)CN3C(=O)[C@@H](Oc4nc(C)cc(C)n4)[C@@]3(c3ccc(F)c(C)c3)c3ccccc32)cc1. The van der Waals surface area contributed by atoms with Crippen molar-refractivity contribution in [3.63, 3.8) is 0 Å². The van der Waals surface area contributed by atoms with Crippen LogP contribution in [0.3, 0.4) is 0 Å². The van der Waals surface area contributed by atoms with E-state index in [4.69, 9.17) is 9.47 Å². The van der Waals surface area contributed by atoms with Crippen LogP contribution < -0.4 is 14.4 Å². The largest absolute Gasteiger partial charge is 0.497 e. The Morgan fingerprint density at radius 3 is 2.34 bits per heavy atom. The number of carbonyl (C=O) groups excluding carboxylic acids is 2. The third kappa shape index (κ3) is 4.28. The second-order valence-corrected chi connectivity index (χ2v) is 10.4. The molecule has 41 heavy (non-hydrogen) atoms. The Morgan fingerprint density at radius 1 is 0.951 bits per heavy atom. The summed E-state index contributed by atoms with van der Waals surface area (Å²) in [6.45, 7) is 5.42. The van der Waals surface area contributed by atoms with Crippen LogP contribution >= 0.6 is 0 Å². The number of hydrogen-bond donors (Lipinski definition) is 0. The van der Waals surface area contributed by atoms with Gasteiger partial charge in [0.15, 0.2) is 0 Å². The van der Waals surface area contributed by atoms with Crippen molar-refractivity contribution >= 4 is 17.5 Å². The maximum absolute atomic E-state index is 14.5. The molecule has 0 unspecified atom stereocenters. The van der Waals surface area contributed by atoms with E-state index >= 15 is 0 Å². The molecule has 9 heteroatoms. The van der Waals surface area contributed by atoms with Gasteiger partial charge in [-0.05, 0) is 67.8 Å². The highest BCUT2D eigenvalue weighted by molar-refractivity contribution is 6.04.